The second-order valence-electron chi connectivity index (χ2n) is 5.51. The Morgan fingerprint density at radius 2 is 1.46 bits per heavy atom. The van der Waals surface area contributed by atoms with E-state index in [0.29, 0.717) is 5.56 Å². The first-order chi connectivity index (χ1) is 11.6. The van der Waals surface area contributed by atoms with Gasteiger partial charge in [-0.25, -0.2) is 0 Å². The van der Waals surface area contributed by atoms with E-state index in [1.54, 1.807) is 24.3 Å². The lowest BCUT2D eigenvalue weighted by molar-refractivity contribution is -0.141. The molecule has 0 aliphatic rings. The van der Waals surface area contributed by atoms with Crippen molar-refractivity contribution in [3.05, 3.63) is 71.8 Å². The SMILES string of the molecule is COC(=O)CCC(=O)CC(C(=O)c1ccccc1)c1ccccc1. The number of carbonyl (C=O) groups excluding carboxylic acids is 3. The molecule has 0 aliphatic carbocycles. The Bertz CT molecular complexity index is 692. The predicted octanol–water partition coefficient (Wildman–Crippen LogP) is 3.57. The number of carbonyl (C=O) groups is 3. The Labute approximate surface area is 141 Å². The van der Waals surface area contributed by atoms with Gasteiger partial charge in [0.15, 0.2) is 5.78 Å². The summed E-state index contributed by atoms with van der Waals surface area (Å²) in [6.45, 7) is 0. The number of ether oxygens (including phenoxy) is 1. The van der Waals surface area contributed by atoms with Gasteiger partial charge in [-0.2, -0.15) is 0 Å². The number of esters is 1. The fourth-order valence-electron chi connectivity index (χ4n) is 2.52. The van der Waals surface area contributed by atoms with Crippen molar-refractivity contribution in [2.45, 2.75) is 25.2 Å². The van der Waals surface area contributed by atoms with Crippen molar-refractivity contribution in [2.24, 2.45) is 0 Å². The normalized spacial score (nSPS) is 11.5. The monoisotopic (exact) mass is 324 g/mol. The molecule has 0 spiro atoms. The number of ketones is 2. The van der Waals surface area contributed by atoms with Crippen LogP contribution in [-0.4, -0.2) is 24.6 Å². The summed E-state index contributed by atoms with van der Waals surface area (Å²) in [4.78, 5) is 36.2. The summed E-state index contributed by atoms with van der Waals surface area (Å²) in [5.74, 6) is -1.18. The lowest BCUT2D eigenvalue weighted by Crippen LogP contribution is -2.18. The molecule has 1 unspecified atom stereocenters. The Balaban J connectivity index is 2.16. The summed E-state index contributed by atoms with van der Waals surface area (Å²) < 4.78 is 4.55. The van der Waals surface area contributed by atoms with Gasteiger partial charge in [-0.3, -0.25) is 14.4 Å². The Morgan fingerprint density at radius 3 is 2.04 bits per heavy atom. The number of hydrogen-bond donors (Lipinski definition) is 0. The quantitative estimate of drug-likeness (QED) is 0.550. The van der Waals surface area contributed by atoms with Crippen molar-refractivity contribution in [2.75, 3.05) is 7.11 Å². The summed E-state index contributed by atoms with van der Waals surface area (Å²) in [6, 6.07) is 18.2. The van der Waals surface area contributed by atoms with Crippen LogP contribution in [0.4, 0.5) is 0 Å². The lowest BCUT2D eigenvalue weighted by Gasteiger charge is -2.16. The van der Waals surface area contributed by atoms with Crippen LogP contribution < -0.4 is 0 Å². The van der Waals surface area contributed by atoms with Crippen molar-refractivity contribution >= 4 is 17.5 Å². The minimum atomic E-state index is -0.543. The largest absolute Gasteiger partial charge is 0.469 e. The second kappa shape index (κ2) is 8.77. The summed E-state index contributed by atoms with van der Waals surface area (Å²) in [6.07, 6.45) is 0.198. The van der Waals surface area contributed by atoms with Crippen LogP contribution in [0.3, 0.4) is 0 Å². The van der Waals surface area contributed by atoms with E-state index < -0.39 is 11.9 Å². The molecule has 124 valence electrons. The maximum atomic E-state index is 12.8. The molecule has 2 rings (SSSR count). The highest BCUT2D eigenvalue weighted by molar-refractivity contribution is 6.03. The van der Waals surface area contributed by atoms with Crippen molar-refractivity contribution in [1.82, 2.24) is 0 Å². The molecule has 0 radical (unpaired) electrons. The molecule has 0 bridgehead atoms. The average Bonchev–Trinajstić information content (AvgIpc) is 2.65. The molecule has 2 aromatic carbocycles. The van der Waals surface area contributed by atoms with Gasteiger partial charge >= 0.3 is 5.97 Å². The van der Waals surface area contributed by atoms with E-state index in [1.807, 2.05) is 36.4 Å². The summed E-state index contributed by atoms with van der Waals surface area (Å²) in [5.41, 5.74) is 1.38. The third-order valence-electron chi connectivity index (χ3n) is 3.84. The van der Waals surface area contributed by atoms with E-state index in [9.17, 15) is 14.4 Å². The first-order valence-corrected chi connectivity index (χ1v) is 7.84. The van der Waals surface area contributed by atoms with E-state index in [1.165, 1.54) is 7.11 Å². The minimum Gasteiger partial charge on any atom is -0.469 e. The predicted molar refractivity (Wildman–Crippen MR) is 90.8 cm³/mol. The summed E-state index contributed by atoms with van der Waals surface area (Å²) in [5, 5.41) is 0. The number of hydrogen-bond acceptors (Lipinski definition) is 4. The molecule has 4 heteroatoms. The van der Waals surface area contributed by atoms with Crippen LogP contribution in [0.25, 0.3) is 0 Å². The van der Waals surface area contributed by atoms with Crippen molar-refractivity contribution in [1.29, 1.82) is 0 Å². The third-order valence-corrected chi connectivity index (χ3v) is 3.84. The first kappa shape index (κ1) is 17.6. The molecule has 0 aliphatic heterocycles. The highest BCUT2D eigenvalue weighted by Gasteiger charge is 2.24. The molecule has 0 heterocycles. The molecule has 1 atom stereocenters. The van der Waals surface area contributed by atoms with E-state index in [2.05, 4.69) is 4.74 Å². The summed E-state index contributed by atoms with van der Waals surface area (Å²) in [7, 11) is 1.29. The number of methoxy groups -OCH3 is 1. The van der Waals surface area contributed by atoms with Gasteiger partial charge in [-0.1, -0.05) is 60.7 Å². The van der Waals surface area contributed by atoms with Gasteiger partial charge in [-0.05, 0) is 5.56 Å². The van der Waals surface area contributed by atoms with Gasteiger partial charge < -0.3 is 4.74 Å². The zero-order valence-electron chi connectivity index (χ0n) is 13.6. The van der Waals surface area contributed by atoms with Crippen LogP contribution >= 0.6 is 0 Å². The van der Waals surface area contributed by atoms with Crippen LogP contribution in [0.1, 0.15) is 41.1 Å². The van der Waals surface area contributed by atoms with Crippen molar-refractivity contribution in [3.63, 3.8) is 0 Å². The van der Waals surface area contributed by atoms with E-state index >= 15 is 0 Å². The number of Topliss-reactive ketones (excluding diaryl/α,β-unsaturated/α-hetero) is 2. The average molecular weight is 324 g/mol. The van der Waals surface area contributed by atoms with E-state index in [4.69, 9.17) is 0 Å². The maximum Gasteiger partial charge on any atom is 0.305 e. The van der Waals surface area contributed by atoms with Crippen LogP contribution in [-0.2, 0) is 14.3 Å². The molecular formula is C20H20O4. The van der Waals surface area contributed by atoms with Gasteiger partial charge in [0.05, 0.1) is 19.4 Å². The molecule has 0 aromatic heterocycles. The smallest absolute Gasteiger partial charge is 0.305 e. The van der Waals surface area contributed by atoms with Gasteiger partial charge in [0, 0.05) is 18.4 Å². The van der Waals surface area contributed by atoms with E-state index in [0.717, 1.165) is 5.56 Å². The second-order valence-corrected chi connectivity index (χ2v) is 5.51. The lowest BCUT2D eigenvalue weighted by atomic mass is 9.86. The molecule has 0 N–H and O–H groups in total. The van der Waals surface area contributed by atoms with Crippen molar-refractivity contribution in [3.8, 4) is 0 Å². The zero-order chi connectivity index (χ0) is 17.4. The molecule has 2 aromatic rings. The molecule has 24 heavy (non-hydrogen) atoms. The van der Waals surface area contributed by atoms with Crippen molar-refractivity contribution < 1.29 is 19.1 Å². The standard InChI is InChI=1S/C20H20O4/c1-24-19(22)13-12-17(21)14-18(15-8-4-2-5-9-15)20(23)16-10-6-3-7-11-16/h2-11,18H,12-14H2,1H3. The fraction of sp³-hybridized carbons (Fsp3) is 0.250. The number of rotatable bonds is 8. The molecule has 0 saturated carbocycles. The van der Waals surface area contributed by atoms with Crippen LogP contribution in [0.15, 0.2) is 60.7 Å². The molecule has 0 saturated heterocycles. The molecule has 0 fully saturated rings. The Kier molecular flexibility index (Phi) is 6.43. The van der Waals surface area contributed by atoms with Gasteiger partial charge in [-0.15, -0.1) is 0 Å². The number of benzene rings is 2. The highest BCUT2D eigenvalue weighted by Crippen LogP contribution is 2.25. The third kappa shape index (κ3) is 4.88. The summed E-state index contributed by atoms with van der Waals surface area (Å²) >= 11 is 0. The highest BCUT2D eigenvalue weighted by atomic mass is 16.5. The fourth-order valence-corrected chi connectivity index (χ4v) is 2.52. The zero-order valence-corrected chi connectivity index (χ0v) is 13.6. The van der Waals surface area contributed by atoms with Crippen LogP contribution in [0.5, 0.6) is 0 Å². The van der Waals surface area contributed by atoms with E-state index in [-0.39, 0.29) is 30.8 Å². The Hall–Kier alpha value is -2.75. The van der Waals surface area contributed by atoms with Gasteiger partial charge in [0.2, 0.25) is 0 Å². The maximum absolute atomic E-state index is 12.8. The van der Waals surface area contributed by atoms with Crippen LogP contribution in [0.2, 0.25) is 0 Å². The Morgan fingerprint density at radius 1 is 0.875 bits per heavy atom. The van der Waals surface area contributed by atoms with Gasteiger partial charge in [0.25, 0.3) is 0 Å². The van der Waals surface area contributed by atoms with Crippen LogP contribution in [0, 0.1) is 0 Å². The minimum absolute atomic E-state index is 0.0381. The molecule has 0 amide bonds. The molecule has 4 nitrogen and oxygen atoms in total. The molecular weight excluding hydrogens is 304 g/mol. The topological polar surface area (TPSA) is 60.4 Å². The van der Waals surface area contributed by atoms with Gasteiger partial charge in [0.1, 0.15) is 5.78 Å². The first-order valence-electron chi connectivity index (χ1n) is 7.84.